The van der Waals surface area contributed by atoms with Gasteiger partial charge in [-0.15, -0.1) is 0 Å². The number of fused-ring (bicyclic) bond motifs is 1. The highest BCUT2D eigenvalue weighted by atomic mass is 32.2. The number of benzene rings is 1. The molecule has 0 fully saturated rings. The van der Waals surface area contributed by atoms with E-state index in [1.54, 1.807) is 18.2 Å². The zero-order valence-corrected chi connectivity index (χ0v) is 11.6. The van der Waals surface area contributed by atoms with E-state index in [4.69, 9.17) is 8.92 Å². The maximum atomic E-state index is 11.7. The zero-order chi connectivity index (χ0) is 14.6. The summed E-state index contributed by atoms with van der Waals surface area (Å²) in [5.74, 6) is -0.756. The first-order chi connectivity index (χ1) is 9.52. The van der Waals surface area contributed by atoms with Crippen molar-refractivity contribution in [3.8, 4) is 5.75 Å². The Bertz CT molecular complexity index is 595. The Morgan fingerprint density at radius 2 is 2.14 bits per heavy atom. The van der Waals surface area contributed by atoms with Crippen LogP contribution in [0.25, 0.3) is 0 Å². The molecule has 1 aliphatic rings. The van der Waals surface area contributed by atoms with Crippen LogP contribution in [-0.4, -0.2) is 33.9 Å². The molecule has 0 bridgehead atoms. The van der Waals surface area contributed by atoms with Crippen LogP contribution in [0.15, 0.2) is 18.2 Å². The maximum absolute atomic E-state index is 11.7. The lowest BCUT2D eigenvalue weighted by Gasteiger charge is -2.18. The Morgan fingerprint density at radius 3 is 2.86 bits per heavy atom. The SMILES string of the molecule is C.COOC(=O)Cc1cccc2c1OS(=O)(=O)CCOC2. The van der Waals surface area contributed by atoms with Crippen LogP contribution in [0, 0.1) is 0 Å². The average molecular weight is 318 g/mol. The van der Waals surface area contributed by atoms with Crippen molar-refractivity contribution in [2.24, 2.45) is 0 Å². The van der Waals surface area contributed by atoms with E-state index >= 15 is 0 Å². The largest absolute Gasteiger partial charge is 0.382 e. The molecule has 1 aliphatic heterocycles. The van der Waals surface area contributed by atoms with Crippen LogP contribution in [0.1, 0.15) is 18.6 Å². The predicted molar refractivity (Wildman–Crippen MR) is 74.0 cm³/mol. The highest BCUT2D eigenvalue weighted by molar-refractivity contribution is 7.87. The summed E-state index contributed by atoms with van der Waals surface area (Å²) in [6.07, 6.45) is -0.160. The van der Waals surface area contributed by atoms with E-state index < -0.39 is 16.1 Å². The number of carbonyl (C=O) groups excluding carboxylic acids is 1. The highest BCUT2D eigenvalue weighted by Crippen LogP contribution is 2.28. The van der Waals surface area contributed by atoms with Crippen molar-refractivity contribution < 1.29 is 31.9 Å². The minimum atomic E-state index is -3.73. The van der Waals surface area contributed by atoms with Crippen molar-refractivity contribution in [3.05, 3.63) is 29.3 Å². The molecular formula is C13H18O7S. The molecule has 0 amide bonds. The highest BCUT2D eigenvalue weighted by Gasteiger charge is 2.23. The quantitative estimate of drug-likeness (QED) is 0.470. The van der Waals surface area contributed by atoms with Crippen molar-refractivity contribution in [3.63, 3.8) is 0 Å². The summed E-state index contributed by atoms with van der Waals surface area (Å²) < 4.78 is 33.7. The molecule has 7 nitrogen and oxygen atoms in total. The molecule has 0 spiro atoms. The van der Waals surface area contributed by atoms with Gasteiger partial charge in [0.1, 0.15) is 5.75 Å². The molecule has 0 aliphatic carbocycles. The first kappa shape index (κ1) is 17.4. The number of hydrogen-bond donors (Lipinski definition) is 0. The first-order valence-electron chi connectivity index (χ1n) is 5.86. The minimum Gasteiger partial charge on any atom is -0.382 e. The van der Waals surface area contributed by atoms with Crippen LogP contribution in [0.2, 0.25) is 0 Å². The minimum absolute atomic E-state index is 0. The molecule has 1 heterocycles. The Balaban J connectivity index is 0.00000220. The zero-order valence-electron chi connectivity index (χ0n) is 10.8. The molecule has 8 heteroatoms. The maximum Gasteiger partial charge on any atom is 0.346 e. The van der Waals surface area contributed by atoms with Crippen molar-refractivity contribution in [2.75, 3.05) is 19.5 Å². The lowest BCUT2D eigenvalue weighted by atomic mass is 10.1. The van der Waals surface area contributed by atoms with Gasteiger partial charge in [-0.05, 0) is 0 Å². The van der Waals surface area contributed by atoms with Crippen LogP contribution in [0.3, 0.4) is 0 Å². The molecule has 0 aromatic heterocycles. The topological polar surface area (TPSA) is 88.1 Å². The number of para-hydroxylation sites is 1. The summed E-state index contributed by atoms with van der Waals surface area (Å²) in [6.45, 7) is 0.287. The summed E-state index contributed by atoms with van der Waals surface area (Å²) >= 11 is 0. The van der Waals surface area contributed by atoms with Gasteiger partial charge in [-0.3, -0.25) is 4.89 Å². The third kappa shape index (κ3) is 4.69. The molecule has 0 saturated carbocycles. The van der Waals surface area contributed by atoms with Gasteiger partial charge in [0, 0.05) is 11.1 Å². The third-order valence-electron chi connectivity index (χ3n) is 2.63. The molecule has 0 atom stereocenters. The summed E-state index contributed by atoms with van der Waals surface area (Å²) in [5.41, 5.74) is 0.967. The molecule has 118 valence electrons. The van der Waals surface area contributed by atoms with Crippen LogP contribution in [0.4, 0.5) is 0 Å². The van der Waals surface area contributed by atoms with Gasteiger partial charge >= 0.3 is 16.1 Å². The fourth-order valence-electron chi connectivity index (χ4n) is 1.79. The van der Waals surface area contributed by atoms with Gasteiger partial charge < -0.3 is 8.92 Å². The molecule has 0 saturated heterocycles. The molecule has 0 N–H and O–H groups in total. The van der Waals surface area contributed by atoms with E-state index in [0.29, 0.717) is 11.1 Å². The van der Waals surface area contributed by atoms with Crippen molar-refractivity contribution in [1.82, 2.24) is 0 Å². The van der Waals surface area contributed by atoms with E-state index in [1.807, 2.05) is 0 Å². The standard InChI is InChI=1S/C12H14O7S.CH4/c1-16-18-11(13)7-9-3-2-4-10-8-17-5-6-20(14,15)19-12(9)10;/h2-4H,5-8H2,1H3;1H4. The van der Waals surface area contributed by atoms with Crippen LogP contribution < -0.4 is 4.18 Å². The predicted octanol–water partition coefficient (Wildman–Crippen LogP) is 1.21. The number of hydrogen-bond acceptors (Lipinski definition) is 7. The van der Waals surface area contributed by atoms with Crippen LogP contribution >= 0.6 is 0 Å². The van der Waals surface area contributed by atoms with E-state index in [9.17, 15) is 13.2 Å². The molecule has 1 aromatic rings. The smallest absolute Gasteiger partial charge is 0.346 e. The van der Waals surface area contributed by atoms with Gasteiger partial charge in [-0.1, -0.05) is 25.6 Å². The van der Waals surface area contributed by atoms with Crippen molar-refractivity contribution >= 4 is 16.1 Å². The van der Waals surface area contributed by atoms with Gasteiger partial charge in [-0.25, -0.2) is 4.79 Å². The van der Waals surface area contributed by atoms with Gasteiger partial charge in [0.25, 0.3) is 0 Å². The Hall–Kier alpha value is -1.64. The van der Waals surface area contributed by atoms with Crippen molar-refractivity contribution in [2.45, 2.75) is 20.5 Å². The van der Waals surface area contributed by atoms with E-state index in [-0.39, 0.29) is 38.6 Å². The second kappa shape index (κ2) is 7.39. The van der Waals surface area contributed by atoms with E-state index in [1.165, 1.54) is 7.11 Å². The lowest BCUT2D eigenvalue weighted by Crippen LogP contribution is -2.22. The second-order valence-electron chi connectivity index (χ2n) is 4.10. The van der Waals surface area contributed by atoms with Gasteiger partial charge in [0.15, 0.2) is 5.75 Å². The Labute approximate surface area is 123 Å². The van der Waals surface area contributed by atoms with Crippen LogP contribution in [-0.2, 0) is 42.5 Å². The molecule has 1 aromatic carbocycles. The Kier molecular flexibility index (Phi) is 6.13. The molecule has 2 rings (SSSR count). The van der Waals surface area contributed by atoms with Crippen LogP contribution in [0.5, 0.6) is 5.75 Å². The summed E-state index contributed by atoms with van der Waals surface area (Å²) in [7, 11) is -2.52. The number of ether oxygens (including phenoxy) is 1. The van der Waals surface area contributed by atoms with E-state index in [0.717, 1.165) is 0 Å². The number of carbonyl (C=O) groups is 1. The number of rotatable bonds is 3. The summed E-state index contributed by atoms with van der Waals surface area (Å²) in [4.78, 5) is 20.1. The molecule has 0 radical (unpaired) electrons. The fraction of sp³-hybridized carbons (Fsp3) is 0.462. The fourth-order valence-corrected chi connectivity index (χ4v) is 2.66. The van der Waals surface area contributed by atoms with Crippen molar-refractivity contribution in [1.29, 1.82) is 0 Å². The molecule has 21 heavy (non-hydrogen) atoms. The van der Waals surface area contributed by atoms with E-state index in [2.05, 4.69) is 9.78 Å². The second-order valence-corrected chi connectivity index (χ2v) is 5.79. The summed E-state index contributed by atoms with van der Waals surface area (Å²) in [5, 5.41) is 0. The summed E-state index contributed by atoms with van der Waals surface area (Å²) in [6, 6.07) is 4.96. The Morgan fingerprint density at radius 1 is 1.38 bits per heavy atom. The molecule has 0 unspecified atom stereocenters. The molecular weight excluding hydrogens is 300 g/mol. The monoisotopic (exact) mass is 318 g/mol. The first-order valence-corrected chi connectivity index (χ1v) is 7.44. The van der Waals surface area contributed by atoms with Gasteiger partial charge in [0.05, 0.1) is 26.7 Å². The third-order valence-corrected chi connectivity index (χ3v) is 3.72. The van der Waals surface area contributed by atoms with Gasteiger partial charge in [0.2, 0.25) is 0 Å². The normalized spacial score (nSPS) is 16.4. The lowest BCUT2D eigenvalue weighted by molar-refractivity contribution is -0.254. The average Bonchev–Trinajstić information content (AvgIpc) is 2.36. The van der Waals surface area contributed by atoms with Gasteiger partial charge in [-0.2, -0.15) is 13.3 Å².